The van der Waals surface area contributed by atoms with E-state index < -0.39 is 9.84 Å². The van der Waals surface area contributed by atoms with E-state index >= 15 is 0 Å². The van der Waals surface area contributed by atoms with E-state index in [1.54, 1.807) is 4.68 Å². The smallest absolute Gasteiger partial charge is 0.152 e. The number of aromatic nitrogens is 3. The first-order valence-corrected chi connectivity index (χ1v) is 15.5. The van der Waals surface area contributed by atoms with Gasteiger partial charge in [-0.25, -0.2) is 13.1 Å². The molecule has 0 aromatic carbocycles. The lowest BCUT2D eigenvalue weighted by Crippen LogP contribution is -2.39. The average Bonchev–Trinajstić information content (AvgIpc) is 3.41. The minimum Gasteiger partial charge on any atom is -0.379 e. The van der Waals surface area contributed by atoms with Gasteiger partial charge in [-0.05, 0) is 5.53 Å². The first-order chi connectivity index (χ1) is 20.0. The summed E-state index contributed by atoms with van der Waals surface area (Å²) in [4.78, 5) is 4.68. The molecule has 1 saturated heterocycles. The zero-order chi connectivity index (χ0) is 29.9. The van der Waals surface area contributed by atoms with Gasteiger partial charge in [0.05, 0.1) is 103 Å². The van der Waals surface area contributed by atoms with Crippen molar-refractivity contribution in [3.63, 3.8) is 0 Å². The van der Waals surface area contributed by atoms with Gasteiger partial charge in [0.1, 0.15) is 0 Å². The SMILES string of the molecule is NCCOCCOCCOCCn1cc(CN2CCS(=O)(=O)CC2)nn1.[N-]=[N+]=NCCOCCOCCOCCN. The van der Waals surface area contributed by atoms with Crippen LogP contribution in [0.4, 0.5) is 0 Å². The number of nitrogens with zero attached hydrogens (tertiary/aromatic N) is 7. The Morgan fingerprint density at radius 3 is 1.80 bits per heavy atom. The van der Waals surface area contributed by atoms with Crippen molar-refractivity contribution in [1.29, 1.82) is 0 Å². The highest BCUT2D eigenvalue weighted by Gasteiger charge is 2.22. The van der Waals surface area contributed by atoms with Crippen molar-refractivity contribution in [2.24, 2.45) is 16.6 Å². The normalized spacial score (nSPS) is 14.8. The monoisotopic (exact) mass is 609 g/mol. The number of rotatable bonds is 24. The van der Waals surface area contributed by atoms with Gasteiger partial charge in [-0.15, -0.1) is 5.10 Å². The second-order valence-corrected chi connectivity index (χ2v) is 10.9. The second-order valence-electron chi connectivity index (χ2n) is 8.61. The van der Waals surface area contributed by atoms with Gasteiger partial charge >= 0.3 is 0 Å². The molecule has 238 valence electrons. The number of nitrogens with two attached hydrogens (primary N) is 2. The molecule has 4 N–H and O–H groups in total. The Bertz CT molecular complexity index is 889. The number of sulfone groups is 1. The van der Waals surface area contributed by atoms with Gasteiger partial charge in [-0.2, -0.15) is 0 Å². The maximum atomic E-state index is 11.4. The molecule has 0 bridgehead atoms. The van der Waals surface area contributed by atoms with Gasteiger partial charge in [0.25, 0.3) is 0 Å². The second kappa shape index (κ2) is 25.7. The zero-order valence-corrected chi connectivity index (χ0v) is 24.7. The molecule has 1 aliphatic rings. The van der Waals surface area contributed by atoms with Crippen LogP contribution < -0.4 is 11.5 Å². The lowest BCUT2D eigenvalue weighted by molar-refractivity contribution is 0.0141. The van der Waals surface area contributed by atoms with Crippen molar-refractivity contribution in [3.05, 3.63) is 22.3 Å². The Kier molecular flexibility index (Phi) is 23.3. The molecular weight excluding hydrogens is 562 g/mol. The van der Waals surface area contributed by atoms with Crippen LogP contribution in [0.15, 0.2) is 11.3 Å². The molecule has 18 heteroatoms. The summed E-state index contributed by atoms with van der Waals surface area (Å²) in [5.74, 6) is 0.437. The Hall–Kier alpha value is -1.96. The van der Waals surface area contributed by atoms with Crippen molar-refractivity contribution in [3.8, 4) is 0 Å². The summed E-state index contributed by atoms with van der Waals surface area (Å²) < 4.78 is 56.0. The third-order valence-corrected chi connectivity index (χ3v) is 6.89. The Balaban J connectivity index is 0.000000479. The first kappa shape index (κ1) is 37.1. The van der Waals surface area contributed by atoms with E-state index in [1.807, 2.05) is 6.20 Å². The van der Waals surface area contributed by atoms with E-state index in [0.717, 1.165) is 5.69 Å². The summed E-state index contributed by atoms with van der Waals surface area (Å²) in [5.41, 5.74) is 19.3. The summed E-state index contributed by atoms with van der Waals surface area (Å²) in [7, 11) is -2.85. The third-order valence-electron chi connectivity index (χ3n) is 5.28. The van der Waals surface area contributed by atoms with E-state index in [1.165, 1.54) is 0 Å². The molecule has 2 rings (SSSR count). The van der Waals surface area contributed by atoms with Crippen LogP contribution in [0, 0.1) is 0 Å². The lowest BCUT2D eigenvalue weighted by Gasteiger charge is -2.25. The van der Waals surface area contributed by atoms with Gasteiger partial charge < -0.3 is 39.9 Å². The molecule has 1 aliphatic heterocycles. The van der Waals surface area contributed by atoms with E-state index in [9.17, 15) is 8.42 Å². The maximum Gasteiger partial charge on any atom is 0.152 e. The molecular formula is C23H47N9O8S. The quantitative estimate of drug-likeness (QED) is 0.0610. The summed E-state index contributed by atoms with van der Waals surface area (Å²) in [5, 5.41) is 11.5. The molecule has 0 unspecified atom stereocenters. The molecule has 0 aliphatic carbocycles. The van der Waals surface area contributed by atoms with Gasteiger partial charge in [0, 0.05) is 50.4 Å². The van der Waals surface area contributed by atoms with E-state index in [-0.39, 0.29) is 11.5 Å². The highest BCUT2D eigenvalue weighted by Crippen LogP contribution is 2.07. The largest absolute Gasteiger partial charge is 0.379 e. The maximum absolute atomic E-state index is 11.4. The molecule has 17 nitrogen and oxygen atoms in total. The Morgan fingerprint density at radius 1 is 0.805 bits per heavy atom. The highest BCUT2D eigenvalue weighted by molar-refractivity contribution is 7.91. The Labute approximate surface area is 242 Å². The van der Waals surface area contributed by atoms with Crippen LogP contribution in [0.3, 0.4) is 0 Å². The predicted molar refractivity (Wildman–Crippen MR) is 151 cm³/mol. The van der Waals surface area contributed by atoms with Crippen LogP contribution in [0.2, 0.25) is 0 Å². The fraction of sp³-hybridized carbons (Fsp3) is 0.913. The van der Waals surface area contributed by atoms with Crippen molar-refractivity contribution in [2.75, 3.05) is 124 Å². The molecule has 1 aromatic heterocycles. The molecule has 2 heterocycles. The molecule has 1 fully saturated rings. The number of hydrogen-bond donors (Lipinski definition) is 2. The molecule has 0 saturated carbocycles. The Morgan fingerprint density at radius 2 is 1.29 bits per heavy atom. The molecule has 0 atom stereocenters. The van der Waals surface area contributed by atoms with Crippen LogP contribution in [0.1, 0.15) is 5.69 Å². The summed E-state index contributed by atoms with van der Waals surface area (Å²) >= 11 is 0. The highest BCUT2D eigenvalue weighted by atomic mass is 32.2. The number of ether oxygens (including phenoxy) is 6. The van der Waals surface area contributed by atoms with Crippen LogP contribution >= 0.6 is 0 Å². The molecule has 0 radical (unpaired) electrons. The van der Waals surface area contributed by atoms with E-state index in [2.05, 4.69) is 25.2 Å². The van der Waals surface area contributed by atoms with Gasteiger partial charge in [0.2, 0.25) is 0 Å². The van der Waals surface area contributed by atoms with Crippen molar-refractivity contribution < 1.29 is 36.8 Å². The minimum atomic E-state index is -2.85. The fourth-order valence-corrected chi connectivity index (χ4v) is 4.49. The first-order valence-electron chi connectivity index (χ1n) is 13.7. The number of azide groups is 1. The van der Waals surface area contributed by atoms with Crippen LogP contribution in [-0.4, -0.2) is 152 Å². The summed E-state index contributed by atoms with van der Waals surface area (Å²) in [6, 6.07) is 0. The van der Waals surface area contributed by atoms with Crippen molar-refractivity contribution in [1.82, 2.24) is 19.9 Å². The van der Waals surface area contributed by atoms with E-state index in [0.29, 0.717) is 125 Å². The van der Waals surface area contributed by atoms with Crippen molar-refractivity contribution >= 4 is 9.84 Å². The standard InChI is InChI=1S/C15H29N5O5S.C8H18N4O3/c16-1-5-23-7-9-25-10-8-24-6-2-20-14-15(17-18-20)13-19-3-11-26(21,22)12-4-19;9-1-3-13-5-7-15-8-6-14-4-2-11-12-10/h14H,1-13,16H2;1-9H2. The molecule has 0 spiro atoms. The van der Waals surface area contributed by atoms with Gasteiger partial charge in [0.15, 0.2) is 9.84 Å². The van der Waals surface area contributed by atoms with Crippen LogP contribution in [0.25, 0.3) is 10.4 Å². The lowest BCUT2D eigenvalue weighted by atomic mass is 10.4. The summed E-state index contributed by atoms with van der Waals surface area (Å²) in [6.45, 7) is 10.0. The zero-order valence-electron chi connectivity index (χ0n) is 23.9. The summed E-state index contributed by atoms with van der Waals surface area (Å²) in [6.07, 6.45) is 1.87. The van der Waals surface area contributed by atoms with Crippen molar-refractivity contribution in [2.45, 2.75) is 13.1 Å². The number of hydrogen-bond acceptors (Lipinski definition) is 14. The third kappa shape index (κ3) is 22.3. The van der Waals surface area contributed by atoms with Gasteiger partial charge in [-0.1, -0.05) is 10.3 Å². The molecule has 0 amide bonds. The topological polar surface area (TPSA) is 224 Å². The fourth-order valence-electron chi connectivity index (χ4n) is 3.22. The van der Waals surface area contributed by atoms with Crippen LogP contribution in [0.5, 0.6) is 0 Å². The molecule has 41 heavy (non-hydrogen) atoms. The predicted octanol–water partition coefficient (Wildman–Crippen LogP) is -1.18. The molecule has 1 aromatic rings. The average molecular weight is 610 g/mol. The minimum absolute atomic E-state index is 0.218. The van der Waals surface area contributed by atoms with E-state index in [4.69, 9.17) is 45.4 Å². The van der Waals surface area contributed by atoms with Crippen LogP contribution in [-0.2, 0) is 51.3 Å². The van der Waals surface area contributed by atoms with Gasteiger partial charge in [-0.3, -0.25) is 4.90 Å².